The molecule has 104 valence electrons. The zero-order chi connectivity index (χ0) is 14.9. The first-order chi connectivity index (χ1) is 9.40. The van der Waals surface area contributed by atoms with Crippen LogP contribution in [0.4, 0.5) is 31.5 Å². The zero-order valence-corrected chi connectivity index (χ0v) is 10.5. The highest BCUT2D eigenvalue weighted by molar-refractivity contribution is 5.70. The standard InChI is InChI=1S/C13H11F2N3O2/c1-7-2-4-9(14)13(12(7)15)17-8-3-5-11(18(19)20)10(16)6-8/h2-6,17H,16H2,1H3. The lowest BCUT2D eigenvalue weighted by atomic mass is 10.2. The molecule has 5 nitrogen and oxygen atoms in total. The van der Waals surface area contributed by atoms with Crippen molar-refractivity contribution in [2.24, 2.45) is 0 Å². The van der Waals surface area contributed by atoms with Gasteiger partial charge in [-0.1, -0.05) is 6.07 Å². The summed E-state index contributed by atoms with van der Waals surface area (Å²) < 4.78 is 27.4. The van der Waals surface area contributed by atoms with Crippen LogP contribution in [-0.2, 0) is 0 Å². The van der Waals surface area contributed by atoms with E-state index in [1.54, 1.807) is 0 Å². The molecule has 0 radical (unpaired) electrons. The number of nitrogens with two attached hydrogens (primary N) is 1. The van der Waals surface area contributed by atoms with E-state index in [1.807, 2.05) is 0 Å². The Balaban J connectivity index is 2.39. The second kappa shape index (κ2) is 5.12. The number of anilines is 3. The van der Waals surface area contributed by atoms with Crippen molar-refractivity contribution in [2.75, 3.05) is 11.1 Å². The number of nitro groups is 1. The molecule has 0 amide bonds. The molecule has 0 saturated heterocycles. The van der Waals surface area contributed by atoms with E-state index in [4.69, 9.17) is 5.73 Å². The van der Waals surface area contributed by atoms with Crippen LogP contribution in [0.15, 0.2) is 30.3 Å². The fourth-order valence-electron chi connectivity index (χ4n) is 1.71. The summed E-state index contributed by atoms with van der Waals surface area (Å²) in [4.78, 5) is 10.00. The van der Waals surface area contributed by atoms with E-state index in [-0.39, 0.29) is 28.3 Å². The first-order valence-electron chi connectivity index (χ1n) is 5.65. The van der Waals surface area contributed by atoms with Gasteiger partial charge in [-0.25, -0.2) is 8.78 Å². The number of halogens is 2. The number of nitrogens with one attached hydrogen (secondary N) is 1. The number of hydrogen-bond acceptors (Lipinski definition) is 4. The lowest BCUT2D eigenvalue weighted by molar-refractivity contribution is -0.383. The number of rotatable bonds is 3. The first-order valence-corrected chi connectivity index (χ1v) is 5.65. The molecule has 0 spiro atoms. The van der Waals surface area contributed by atoms with Crippen LogP contribution in [0.5, 0.6) is 0 Å². The molecule has 0 aliphatic rings. The molecule has 0 unspecified atom stereocenters. The van der Waals surface area contributed by atoms with Crippen molar-refractivity contribution in [1.82, 2.24) is 0 Å². The molecular formula is C13H11F2N3O2. The van der Waals surface area contributed by atoms with Gasteiger partial charge in [-0.15, -0.1) is 0 Å². The topological polar surface area (TPSA) is 81.2 Å². The molecule has 2 aromatic carbocycles. The van der Waals surface area contributed by atoms with Crippen LogP contribution in [0, 0.1) is 28.7 Å². The molecular weight excluding hydrogens is 268 g/mol. The summed E-state index contributed by atoms with van der Waals surface area (Å²) in [5.41, 5.74) is 5.38. The van der Waals surface area contributed by atoms with Gasteiger partial charge in [0.05, 0.1) is 4.92 Å². The number of aryl methyl sites for hydroxylation is 1. The molecule has 0 aliphatic carbocycles. The van der Waals surface area contributed by atoms with Crippen molar-refractivity contribution < 1.29 is 13.7 Å². The van der Waals surface area contributed by atoms with Crippen LogP contribution in [-0.4, -0.2) is 4.92 Å². The lowest BCUT2D eigenvalue weighted by Gasteiger charge is -2.10. The second-order valence-electron chi connectivity index (χ2n) is 4.21. The van der Waals surface area contributed by atoms with Crippen molar-refractivity contribution >= 4 is 22.7 Å². The molecule has 2 rings (SSSR count). The number of hydrogen-bond donors (Lipinski definition) is 2. The summed E-state index contributed by atoms with van der Waals surface area (Å²) in [6.45, 7) is 1.50. The van der Waals surface area contributed by atoms with E-state index >= 15 is 0 Å². The molecule has 0 heterocycles. The minimum atomic E-state index is -0.759. The van der Waals surface area contributed by atoms with Crippen LogP contribution in [0.25, 0.3) is 0 Å². The summed E-state index contributed by atoms with van der Waals surface area (Å²) in [7, 11) is 0. The Morgan fingerprint density at radius 2 is 1.95 bits per heavy atom. The van der Waals surface area contributed by atoms with E-state index in [0.717, 1.165) is 6.07 Å². The Hall–Kier alpha value is -2.70. The van der Waals surface area contributed by atoms with Crippen molar-refractivity contribution in [3.8, 4) is 0 Å². The van der Waals surface area contributed by atoms with Gasteiger partial charge in [-0.05, 0) is 30.7 Å². The van der Waals surface area contributed by atoms with Gasteiger partial charge in [-0.3, -0.25) is 10.1 Å². The lowest BCUT2D eigenvalue weighted by Crippen LogP contribution is -2.01. The average Bonchev–Trinajstić information content (AvgIpc) is 2.39. The highest BCUT2D eigenvalue weighted by atomic mass is 19.1. The van der Waals surface area contributed by atoms with E-state index in [0.29, 0.717) is 0 Å². The van der Waals surface area contributed by atoms with E-state index in [2.05, 4.69) is 5.32 Å². The third-order valence-electron chi connectivity index (χ3n) is 2.78. The monoisotopic (exact) mass is 279 g/mol. The van der Waals surface area contributed by atoms with Crippen LogP contribution in [0.2, 0.25) is 0 Å². The van der Waals surface area contributed by atoms with Gasteiger partial charge < -0.3 is 11.1 Å². The molecule has 0 atom stereocenters. The van der Waals surface area contributed by atoms with Gasteiger partial charge in [0.25, 0.3) is 5.69 Å². The van der Waals surface area contributed by atoms with Gasteiger partial charge >= 0.3 is 0 Å². The van der Waals surface area contributed by atoms with Crippen molar-refractivity contribution in [1.29, 1.82) is 0 Å². The minimum absolute atomic E-state index is 0.0894. The van der Waals surface area contributed by atoms with Gasteiger partial charge in [0.1, 0.15) is 17.2 Å². The molecule has 0 fully saturated rings. The molecule has 7 heteroatoms. The van der Waals surface area contributed by atoms with Crippen LogP contribution < -0.4 is 11.1 Å². The number of nitrogen functional groups attached to an aromatic ring is 1. The minimum Gasteiger partial charge on any atom is -0.393 e. The molecule has 3 N–H and O–H groups in total. The van der Waals surface area contributed by atoms with E-state index in [1.165, 1.54) is 31.2 Å². The molecule has 0 saturated carbocycles. The van der Waals surface area contributed by atoms with Crippen molar-refractivity contribution in [3.63, 3.8) is 0 Å². The maximum Gasteiger partial charge on any atom is 0.292 e. The molecule has 0 bridgehead atoms. The summed E-state index contributed by atoms with van der Waals surface area (Å²) in [5, 5.41) is 13.2. The first kappa shape index (κ1) is 13.7. The normalized spacial score (nSPS) is 10.3. The Kier molecular flexibility index (Phi) is 3.51. The third-order valence-corrected chi connectivity index (χ3v) is 2.78. The van der Waals surface area contributed by atoms with E-state index in [9.17, 15) is 18.9 Å². The maximum atomic E-state index is 13.8. The largest absolute Gasteiger partial charge is 0.393 e. The predicted octanol–water partition coefficient (Wildman–Crippen LogP) is 3.51. The van der Waals surface area contributed by atoms with Crippen LogP contribution >= 0.6 is 0 Å². The van der Waals surface area contributed by atoms with Crippen molar-refractivity contribution in [2.45, 2.75) is 6.92 Å². The van der Waals surface area contributed by atoms with Gasteiger partial charge in [0.15, 0.2) is 5.82 Å². The fourth-order valence-corrected chi connectivity index (χ4v) is 1.71. The summed E-state index contributed by atoms with van der Waals surface area (Å²) in [5.74, 6) is -1.48. The molecule has 2 aromatic rings. The Morgan fingerprint density at radius 1 is 1.25 bits per heavy atom. The maximum absolute atomic E-state index is 13.8. The highest BCUT2D eigenvalue weighted by Crippen LogP contribution is 2.29. The smallest absolute Gasteiger partial charge is 0.292 e. The Morgan fingerprint density at radius 3 is 2.55 bits per heavy atom. The van der Waals surface area contributed by atoms with Crippen LogP contribution in [0.3, 0.4) is 0 Å². The number of benzene rings is 2. The number of nitrogens with zero attached hydrogens (tertiary/aromatic N) is 1. The molecule has 0 aromatic heterocycles. The Bertz CT molecular complexity index is 690. The Labute approximate surface area is 113 Å². The van der Waals surface area contributed by atoms with E-state index < -0.39 is 16.6 Å². The second-order valence-corrected chi connectivity index (χ2v) is 4.21. The van der Waals surface area contributed by atoms with Crippen LogP contribution in [0.1, 0.15) is 5.56 Å². The number of nitro benzene ring substituents is 1. The summed E-state index contributed by atoms with van der Waals surface area (Å²) in [6, 6.07) is 6.20. The predicted molar refractivity (Wildman–Crippen MR) is 71.9 cm³/mol. The average molecular weight is 279 g/mol. The van der Waals surface area contributed by atoms with Gasteiger partial charge in [-0.2, -0.15) is 0 Å². The van der Waals surface area contributed by atoms with Gasteiger partial charge in [0.2, 0.25) is 0 Å². The highest BCUT2D eigenvalue weighted by Gasteiger charge is 2.14. The van der Waals surface area contributed by atoms with Gasteiger partial charge in [0, 0.05) is 11.8 Å². The molecule has 0 aliphatic heterocycles. The zero-order valence-electron chi connectivity index (χ0n) is 10.5. The van der Waals surface area contributed by atoms with Crippen molar-refractivity contribution in [3.05, 3.63) is 57.6 Å². The summed E-state index contributed by atoms with van der Waals surface area (Å²) >= 11 is 0. The quantitative estimate of drug-likeness (QED) is 0.512. The fraction of sp³-hybridized carbons (Fsp3) is 0.0769. The molecule has 20 heavy (non-hydrogen) atoms. The third kappa shape index (κ3) is 2.51. The SMILES string of the molecule is Cc1ccc(F)c(Nc2ccc([N+](=O)[O-])c(N)c2)c1F. The summed E-state index contributed by atoms with van der Waals surface area (Å²) in [6.07, 6.45) is 0.